The molecule has 0 bridgehead atoms. The van der Waals surface area contributed by atoms with Crippen molar-refractivity contribution in [2.45, 2.75) is 19.6 Å². The Morgan fingerprint density at radius 2 is 2.00 bits per heavy atom. The van der Waals surface area contributed by atoms with Gasteiger partial charge in [-0.05, 0) is 6.92 Å². The lowest BCUT2D eigenvalue weighted by Crippen LogP contribution is -2.29. The summed E-state index contributed by atoms with van der Waals surface area (Å²) in [6.07, 6.45) is -3.00. The molecule has 136 valence electrons. The first kappa shape index (κ1) is 17.6. The van der Waals surface area contributed by atoms with Crippen LogP contribution in [0.2, 0.25) is 0 Å². The number of aryl methyl sites for hydroxylation is 1. The van der Waals surface area contributed by atoms with Crippen molar-refractivity contribution >= 4 is 5.91 Å². The predicted octanol–water partition coefficient (Wildman–Crippen LogP) is 2.43. The maximum absolute atomic E-state index is 12.9. The maximum Gasteiger partial charge on any atom is 0.435 e. The topological polar surface area (TPSA) is 88.5 Å². The fourth-order valence-electron chi connectivity index (χ4n) is 2.43. The predicted molar refractivity (Wildman–Crippen MR) is 86.1 cm³/mol. The molecule has 2 aromatic heterocycles. The van der Waals surface area contributed by atoms with Crippen molar-refractivity contribution in [3.05, 3.63) is 53.5 Å². The number of carbonyl (C=O) groups excluding carboxylic acids is 1. The lowest BCUT2D eigenvalue weighted by molar-refractivity contribution is -0.141. The molecule has 0 saturated heterocycles. The van der Waals surface area contributed by atoms with Crippen molar-refractivity contribution in [1.29, 1.82) is 0 Å². The molecule has 0 spiro atoms. The first-order valence-electron chi connectivity index (χ1n) is 7.72. The van der Waals surface area contributed by atoms with Gasteiger partial charge in [0.2, 0.25) is 0 Å². The Labute approximate surface area is 146 Å². The average molecular weight is 364 g/mol. The summed E-state index contributed by atoms with van der Waals surface area (Å²) in [6, 6.07) is 9.41. The molecule has 3 rings (SSSR count). The second-order valence-corrected chi connectivity index (χ2v) is 5.56. The second kappa shape index (κ2) is 6.98. The summed E-state index contributed by atoms with van der Waals surface area (Å²) in [6.45, 7) is 1.73. The van der Waals surface area contributed by atoms with Crippen LogP contribution in [0.1, 0.15) is 21.7 Å². The molecular weight excluding hydrogens is 349 g/mol. The van der Waals surface area contributed by atoms with Gasteiger partial charge in [0.05, 0.1) is 18.3 Å². The molecule has 26 heavy (non-hydrogen) atoms. The standard InChI is InChI=1S/C16H15F3N6O/c1-10-13(14(23-21-10)16(17,18)19)15(26)20-7-8-25-9-12(22-24-25)11-5-3-2-4-6-11/h2-6,9H,7-8H2,1H3,(H,20,26)(H,21,23). The highest BCUT2D eigenvalue weighted by atomic mass is 19.4. The Morgan fingerprint density at radius 3 is 2.69 bits per heavy atom. The number of amides is 1. The number of nitrogens with one attached hydrogen (secondary N) is 2. The number of benzene rings is 1. The summed E-state index contributed by atoms with van der Waals surface area (Å²) in [5.41, 5.74) is -0.101. The molecule has 0 unspecified atom stereocenters. The van der Waals surface area contributed by atoms with Gasteiger partial charge in [0, 0.05) is 17.8 Å². The van der Waals surface area contributed by atoms with E-state index in [-0.39, 0.29) is 18.8 Å². The van der Waals surface area contributed by atoms with Crippen LogP contribution in [0, 0.1) is 6.92 Å². The van der Waals surface area contributed by atoms with Crippen molar-refractivity contribution in [3.8, 4) is 11.3 Å². The number of hydrogen-bond acceptors (Lipinski definition) is 4. The molecule has 2 heterocycles. The third-order valence-electron chi connectivity index (χ3n) is 3.68. The molecule has 0 saturated carbocycles. The second-order valence-electron chi connectivity index (χ2n) is 5.56. The Bertz CT molecular complexity index is 900. The molecule has 7 nitrogen and oxygen atoms in total. The minimum Gasteiger partial charge on any atom is -0.350 e. The lowest BCUT2D eigenvalue weighted by atomic mass is 10.1. The van der Waals surface area contributed by atoms with Crippen molar-refractivity contribution in [2.75, 3.05) is 6.54 Å². The monoisotopic (exact) mass is 364 g/mol. The Morgan fingerprint density at radius 1 is 1.27 bits per heavy atom. The highest BCUT2D eigenvalue weighted by Gasteiger charge is 2.39. The average Bonchev–Trinajstić information content (AvgIpc) is 3.22. The zero-order valence-electron chi connectivity index (χ0n) is 13.7. The highest BCUT2D eigenvalue weighted by Crippen LogP contribution is 2.31. The van der Waals surface area contributed by atoms with Gasteiger partial charge in [-0.2, -0.15) is 18.3 Å². The molecule has 0 atom stereocenters. The van der Waals surface area contributed by atoms with E-state index in [0.29, 0.717) is 5.69 Å². The van der Waals surface area contributed by atoms with Crippen LogP contribution in [0.15, 0.2) is 36.5 Å². The molecule has 10 heteroatoms. The number of aromatic nitrogens is 5. The highest BCUT2D eigenvalue weighted by molar-refractivity contribution is 5.96. The van der Waals surface area contributed by atoms with E-state index in [4.69, 9.17) is 0 Å². The molecule has 1 aromatic carbocycles. The molecule has 1 amide bonds. The molecular formula is C16H15F3N6O. The maximum atomic E-state index is 12.9. The minimum absolute atomic E-state index is 0.0574. The number of hydrogen-bond donors (Lipinski definition) is 2. The number of alkyl halides is 3. The third-order valence-corrected chi connectivity index (χ3v) is 3.68. The van der Waals surface area contributed by atoms with Gasteiger partial charge in [-0.25, -0.2) is 0 Å². The molecule has 0 aliphatic heterocycles. The van der Waals surface area contributed by atoms with E-state index >= 15 is 0 Å². The summed E-state index contributed by atoms with van der Waals surface area (Å²) in [5.74, 6) is -0.841. The number of carbonyl (C=O) groups is 1. The summed E-state index contributed by atoms with van der Waals surface area (Å²) in [4.78, 5) is 12.1. The smallest absolute Gasteiger partial charge is 0.350 e. The quantitative estimate of drug-likeness (QED) is 0.728. The van der Waals surface area contributed by atoms with Gasteiger partial charge >= 0.3 is 6.18 Å². The Kier molecular flexibility index (Phi) is 4.74. The largest absolute Gasteiger partial charge is 0.435 e. The number of aromatic amines is 1. The number of halogens is 3. The van der Waals surface area contributed by atoms with E-state index in [1.807, 2.05) is 30.3 Å². The lowest BCUT2D eigenvalue weighted by Gasteiger charge is -2.08. The van der Waals surface area contributed by atoms with Gasteiger partial charge < -0.3 is 5.32 Å². The van der Waals surface area contributed by atoms with Crippen LogP contribution >= 0.6 is 0 Å². The summed E-state index contributed by atoms with van der Waals surface area (Å²) in [7, 11) is 0. The van der Waals surface area contributed by atoms with Crippen LogP contribution in [0.25, 0.3) is 11.3 Å². The van der Waals surface area contributed by atoms with Crippen LogP contribution in [0.4, 0.5) is 13.2 Å². The molecule has 0 aliphatic carbocycles. The molecule has 0 radical (unpaired) electrons. The normalized spacial score (nSPS) is 11.5. The Hall–Kier alpha value is -3.17. The van der Waals surface area contributed by atoms with Crippen LogP contribution in [-0.2, 0) is 12.7 Å². The van der Waals surface area contributed by atoms with E-state index < -0.39 is 23.3 Å². The Balaban J connectivity index is 1.62. The van der Waals surface area contributed by atoms with Crippen molar-refractivity contribution in [2.24, 2.45) is 0 Å². The van der Waals surface area contributed by atoms with E-state index in [1.54, 1.807) is 6.20 Å². The molecule has 0 fully saturated rings. The van der Waals surface area contributed by atoms with Gasteiger partial charge in [-0.15, -0.1) is 5.10 Å². The zero-order valence-corrected chi connectivity index (χ0v) is 13.7. The van der Waals surface area contributed by atoms with Crippen molar-refractivity contribution in [3.63, 3.8) is 0 Å². The van der Waals surface area contributed by atoms with Crippen molar-refractivity contribution < 1.29 is 18.0 Å². The van der Waals surface area contributed by atoms with E-state index in [2.05, 4.69) is 25.8 Å². The molecule has 0 aliphatic rings. The van der Waals surface area contributed by atoms with Crippen LogP contribution in [-0.4, -0.2) is 37.6 Å². The van der Waals surface area contributed by atoms with Crippen molar-refractivity contribution in [1.82, 2.24) is 30.5 Å². The van der Waals surface area contributed by atoms with Crippen LogP contribution in [0.5, 0.6) is 0 Å². The van der Waals surface area contributed by atoms with Gasteiger partial charge in [-0.3, -0.25) is 14.6 Å². The number of rotatable bonds is 5. The van der Waals surface area contributed by atoms with E-state index in [1.165, 1.54) is 11.6 Å². The van der Waals surface area contributed by atoms with Gasteiger partial charge in [0.1, 0.15) is 5.69 Å². The van der Waals surface area contributed by atoms with Crippen LogP contribution in [0.3, 0.4) is 0 Å². The van der Waals surface area contributed by atoms with Gasteiger partial charge in [0.15, 0.2) is 5.69 Å². The number of nitrogens with zero attached hydrogens (tertiary/aromatic N) is 4. The zero-order chi connectivity index (χ0) is 18.7. The first-order chi connectivity index (χ1) is 12.4. The number of H-pyrrole nitrogens is 1. The van der Waals surface area contributed by atoms with Gasteiger partial charge in [-0.1, -0.05) is 35.5 Å². The van der Waals surface area contributed by atoms with Crippen LogP contribution < -0.4 is 5.32 Å². The molecule has 2 N–H and O–H groups in total. The van der Waals surface area contributed by atoms with Gasteiger partial charge in [0.25, 0.3) is 5.91 Å². The fourth-order valence-corrected chi connectivity index (χ4v) is 2.43. The summed E-state index contributed by atoms with van der Waals surface area (Å²) in [5, 5.41) is 15.8. The van der Waals surface area contributed by atoms with E-state index in [0.717, 1.165) is 5.56 Å². The summed E-state index contributed by atoms with van der Waals surface area (Å²) < 4.78 is 40.2. The van der Waals surface area contributed by atoms with E-state index in [9.17, 15) is 18.0 Å². The fraction of sp³-hybridized carbons (Fsp3) is 0.250. The summed E-state index contributed by atoms with van der Waals surface area (Å²) >= 11 is 0. The molecule has 3 aromatic rings. The third kappa shape index (κ3) is 3.73. The minimum atomic E-state index is -4.70. The first-order valence-corrected chi connectivity index (χ1v) is 7.72. The SMILES string of the molecule is Cc1[nH]nc(C(F)(F)F)c1C(=O)NCCn1cc(-c2ccccc2)nn1.